The van der Waals surface area contributed by atoms with Crippen molar-refractivity contribution in [2.45, 2.75) is 23.7 Å². The molecule has 0 aliphatic rings. The zero-order valence-corrected chi connectivity index (χ0v) is 17.8. The maximum Gasteiger partial charge on any atom is 0.387 e. The summed E-state index contributed by atoms with van der Waals surface area (Å²) in [6.07, 6.45) is 0.462. The van der Waals surface area contributed by atoms with Gasteiger partial charge in [-0.25, -0.2) is 4.98 Å². The van der Waals surface area contributed by atoms with Gasteiger partial charge in [0.25, 0.3) is 5.91 Å². The molecule has 0 fully saturated rings. The van der Waals surface area contributed by atoms with E-state index in [1.165, 1.54) is 24.5 Å². The Bertz CT molecular complexity index is 969. The molecule has 9 heteroatoms. The molecule has 0 unspecified atom stereocenters. The van der Waals surface area contributed by atoms with Gasteiger partial charge in [-0.05, 0) is 36.2 Å². The molecule has 0 aliphatic heterocycles. The van der Waals surface area contributed by atoms with Gasteiger partial charge in [-0.3, -0.25) is 4.79 Å². The van der Waals surface area contributed by atoms with Gasteiger partial charge >= 0.3 is 6.61 Å². The van der Waals surface area contributed by atoms with Crippen molar-refractivity contribution in [1.82, 2.24) is 10.3 Å². The molecule has 30 heavy (non-hydrogen) atoms. The van der Waals surface area contributed by atoms with Gasteiger partial charge in [0.1, 0.15) is 0 Å². The first-order valence-electron chi connectivity index (χ1n) is 9.05. The van der Waals surface area contributed by atoms with E-state index in [1.807, 2.05) is 23.6 Å². The zero-order chi connectivity index (χ0) is 21.3. The van der Waals surface area contributed by atoms with Crippen molar-refractivity contribution >= 4 is 29.0 Å². The van der Waals surface area contributed by atoms with Crippen molar-refractivity contribution in [3.8, 4) is 11.5 Å². The topological polar surface area (TPSA) is 60.5 Å². The molecule has 0 saturated carbocycles. The molecule has 2 aromatic carbocycles. The SMILES string of the molecule is COc1ccc(CCNC(=O)c2ccccc2SCc2cscn2)cc1OC(F)F. The molecule has 158 valence electrons. The molecule has 1 heterocycles. The van der Waals surface area contributed by atoms with Crippen LogP contribution in [0.15, 0.2) is 58.3 Å². The van der Waals surface area contributed by atoms with Crippen molar-refractivity contribution in [3.63, 3.8) is 0 Å². The van der Waals surface area contributed by atoms with Crippen molar-refractivity contribution in [2.24, 2.45) is 0 Å². The van der Waals surface area contributed by atoms with Crippen molar-refractivity contribution in [3.05, 3.63) is 70.2 Å². The Morgan fingerprint density at radius 2 is 2.07 bits per heavy atom. The van der Waals surface area contributed by atoms with Crippen LogP contribution in [0, 0.1) is 0 Å². The predicted molar refractivity (Wildman–Crippen MR) is 114 cm³/mol. The lowest BCUT2D eigenvalue weighted by atomic mass is 10.1. The summed E-state index contributed by atoms with van der Waals surface area (Å²) in [5.41, 5.74) is 4.10. The molecule has 1 aromatic heterocycles. The minimum Gasteiger partial charge on any atom is -0.493 e. The van der Waals surface area contributed by atoms with Crippen LogP contribution in [0.3, 0.4) is 0 Å². The van der Waals surface area contributed by atoms with E-state index in [0.29, 0.717) is 24.3 Å². The largest absolute Gasteiger partial charge is 0.493 e. The van der Waals surface area contributed by atoms with Crippen LogP contribution in [0.2, 0.25) is 0 Å². The van der Waals surface area contributed by atoms with E-state index in [0.717, 1.165) is 16.2 Å². The van der Waals surface area contributed by atoms with Gasteiger partial charge < -0.3 is 14.8 Å². The number of carbonyl (C=O) groups is 1. The Balaban J connectivity index is 1.58. The number of halogens is 2. The summed E-state index contributed by atoms with van der Waals surface area (Å²) in [6.45, 7) is -2.59. The maximum atomic E-state index is 12.6. The van der Waals surface area contributed by atoms with E-state index in [9.17, 15) is 13.6 Å². The number of aromatic nitrogens is 1. The van der Waals surface area contributed by atoms with Crippen LogP contribution in [-0.2, 0) is 12.2 Å². The minimum atomic E-state index is -2.94. The number of amides is 1. The highest BCUT2D eigenvalue weighted by molar-refractivity contribution is 7.98. The average molecular weight is 451 g/mol. The van der Waals surface area contributed by atoms with Crippen LogP contribution < -0.4 is 14.8 Å². The Kier molecular flexibility index (Phi) is 8.04. The number of hydrogen-bond acceptors (Lipinski definition) is 6. The molecule has 0 radical (unpaired) electrons. The quantitative estimate of drug-likeness (QED) is 0.440. The first kappa shape index (κ1) is 22.0. The highest BCUT2D eigenvalue weighted by Gasteiger charge is 2.13. The van der Waals surface area contributed by atoms with Crippen molar-refractivity contribution in [1.29, 1.82) is 0 Å². The van der Waals surface area contributed by atoms with Gasteiger partial charge in [0.05, 0.1) is 23.9 Å². The Labute approximate surface area is 181 Å². The van der Waals surface area contributed by atoms with Gasteiger partial charge in [-0.15, -0.1) is 23.1 Å². The van der Waals surface area contributed by atoms with E-state index in [2.05, 4.69) is 15.0 Å². The molecule has 0 aliphatic carbocycles. The fourth-order valence-corrected chi connectivity index (χ4v) is 4.34. The zero-order valence-electron chi connectivity index (χ0n) is 16.1. The maximum absolute atomic E-state index is 12.6. The highest BCUT2D eigenvalue weighted by Crippen LogP contribution is 2.30. The number of alkyl halides is 2. The number of hydrogen-bond donors (Lipinski definition) is 1. The third-order valence-electron chi connectivity index (χ3n) is 4.13. The molecule has 5 nitrogen and oxygen atoms in total. The number of nitrogens with one attached hydrogen (secondary N) is 1. The van der Waals surface area contributed by atoms with Gasteiger partial charge in [0, 0.05) is 22.6 Å². The lowest BCUT2D eigenvalue weighted by molar-refractivity contribution is -0.0512. The smallest absolute Gasteiger partial charge is 0.387 e. The summed E-state index contributed by atoms with van der Waals surface area (Å²) in [7, 11) is 1.39. The number of thiazole rings is 1. The first-order valence-corrected chi connectivity index (χ1v) is 11.0. The standard InChI is InChI=1S/C21H20F2N2O3S2/c1-27-17-7-6-14(10-18(17)28-21(22)23)8-9-24-20(26)16-4-2-3-5-19(16)30-12-15-11-29-13-25-15/h2-7,10-11,13,21H,8-9,12H2,1H3,(H,24,26). The van der Waals surface area contributed by atoms with Crippen LogP contribution in [0.4, 0.5) is 8.78 Å². The van der Waals surface area contributed by atoms with Gasteiger partial charge in [0.2, 0.25) is 0 Å². The number of benzene rings is 2. The van der Waals surface area contributed by atoms with Crippen LogP contribution in [0.25, 0.3) is 0 Å². The summed E-state index contributed by atoms with van der Waals surface area (Å²) in [5, 5.41) is 4.87. The van der Waals surface area contributed by atoms with E-state index in [-0.39, 0.29) is 17.4 Å². The monoisotopic (exact) mass is 450 g/mol. The lowest BCUT2D eigenvalue weighted by Gasteiger charge is -2.12. The molecular formula is C21H20F2N2O3S2. The molecule has 0 atom stereocenters. The third-order valence-corrected chi connectivity index (χ3v) is 5.88. The van der Waals surface area contributed by atoms with Crippen LogP contribution in [0.1, 0.15) is 21.6 Å². The normalized spacial score (nSPS) is 10.8. The molecular weight excluding hydrogens is 430 g/mol. The van der Waals surface area contributed by atoms with E-state index in [4.69, 9.17) is 4.74 Å². The van der Waals surface area contributed by atoms with Crippen LogP contribution in [0.5, 0.6) is 11.5 Å². The minimum absolute atomic E-state index is 0.0277. The number of thioether (sulfide) groups is 1. The second-order valence-electron chi connectivity index (χ2n) is 6.13. The number of carbonyl (C=O) groups excluding carboxylic acids is 1. The molecule has 0 spiro atoms. The summed E-state index contributed by atoms with van der Waals surface area (Å²) in [5.74, 6) is 0.704. The number of nitrogens with zero attached hydrogens (tertiary/aromatic N) is 1. The molecule has 1 N–H and O–H groups in total. The second-order valence-corrected chi connectivity index (χ2v) is 7.87. The summed E-state index contributed by atoms with van der Waals surface area (Å²) in [6, 6.07) is 12.2. The first-order chi connectivity index (χ1) is 14.6. The number of rotatable bonds is 10. The summed E-state index contributed by atoms with van der Waals surface area (Å²) < 4.78 is 34.7. The predicted octanol–water partition coefficient (Wildman–Crippen LogP) is 5.02. The number of ether oxygens (including phenoxy) is 2. The molecule has 0 saturated heterocycles. The number of methoxy groups -OCH3 is 1. The molecule has 3 rings (SSSR count). The Morgan fingerprint density at radius 1 is 1.23 bits per heavy atom. The third kappa shape index (κ3) is 6.17. The summed E-state index contributed by atoms with van der Waals surface area (Å²) in [4.78, 5) is 17.8. The fraction of sp³-hybridized carbons (Fsp3) is 0.238. The van der Waals surface area contributed by atoms with E-state index >= 15 is 0 Å². The van der Waals surface area contributed by atoms with E-state index < -0.39 is 6.61 Å². The van der Waals surface area contributed by atoms with Crippen molar-refractivity contribution in [2.75, 3.05) is 13.7 Å². The summed E-state index contributed by atoms with van der Waals surface area (Å²) >= 11 is 3.09. The van der Waals surface area contributed by atoms with E-state index in [1.54, 1.807) is 35.5 Å². The Morgan fingerprint density at radius 3 is 2.80 bits per heavy atom. The Hall–Kier alpha value is -2.65. The van der Waals surface area contributed by atoms with Crippen molar-refractivity contribution < 1.29 is 23.0 Å². The molecule has 3 aromatic rings. The highest BCUT2D eigenvalue weighted by atomic mass is 32.2. The second kappa shape index (κ2) is 10.9. The molecule has 1 amide bonds. The fourth-order valence-electron chi connectivity index (χ4n) is 2.72. The molecule has 0 bridgehead atoms. The van der Waals surface area contributed by atoms with Crippen LogP contribution in [-0.4, -0.2) is 31.2 Å². The average Bonchev–Trinajstić information content (AvgIpc) is 3.26. The lowest BCUT2D eigenvalue weighted by Crippen LogP contribution is -2.26. The van der Waals surface area contributed by atoms with Gasteiger partial charge in [-0.1, -0.05) is 18.2 Å². The van der Waals surface area contributed by atoms with Gasteiger partial charge in [-0.2, -0.15) is 8.78 Å². The van der Waals surface area contributed by atoms with Crippen LogP contribution >= 0.6 is 23.1 Å². The van der Waals surface area contributed by atoms with Gasteiger partial charge in [0.15, 0.2) is 11.5 Å².